The van der Waals surface area contributed by atoms with Crippen molar-refractivity contribution in [1.29, 1.82) is 0 Å². The molecule has 1 heterocycles. The van der Waals surface area contributed by atoms with Crippen molar-refractivity contribution in [2.75, 3.05) is 37.7 Å². The fourth-order valence-corrected chi connectivity index (χ4v) is 3.57. The quantitative estimate of drug-likeness (QED) is 0.622. The first kappa shape index (κ1) is 17.6. The fourth-order valence-electron chi connectivity index (χ4n) is 2.29. The lowest BCUT2D eigenvalue weighted by Gasteiger charge is -2.26. The summed E-state index contributed by atoms with van der Waals surface area (Å²) in [6.45, 7) is 2.45. The molecule has 2 rings (SSSR count). The summed E-state index contributed by atoms with van der Waals surface area (Å²) in [4.78, 5) is 13.8. The monoisotopic (exact) mass is 340 g/mol. The molecule has 0 unspecified atom stereocenters. The molecule has 0 aliphatic carbocycles. The Morgan fingerprint density at radius 2 is 1.87 bits per heavy atom. The van der Waals surface area contributed by atoms with Crippen LogP contribution in [-0.2, 0) is 14.6 Å². The highest BCUT2D eigenvalue weighted by atomic mass is 32.2. The van der Waals surface area contributed by atoms with Gasteiger partial charge in [0.05, 0.1) is 11.5 Å². The van der Waals surface area contributed by atoms with Gasteiger partial charge in [-0.05, 0) is 36.7 Å². The highest BCUT2D eigenvalue weighted by Gasteiger charge is 2.20. The van der Waals surface area contributed by atoms with E-state index in [1.165, 1.54) is 18.2 Å². The minimum atomic E-state index is -2.84. The molecule has 0 radical (unpaired) electrons. The molecule has 0 atom stereocenters. The van der Waals surface area contributed by atoms with Gasteiger partial charge in [-0.25, -0.2) is 12.8 Å². The van der Waals surface area contributed by atoms with Crippen LogP contribution in [0.3, 0.4) is 0 Å². The van der Waals surface area contributed by atoms with Crippen LogP contribution in [-0.4, -0.2) is 56.9 Å². The number of hydrogen-bond acceptors (Lipinski definition) is 4. The van der Waals surface area contributed by atoms with Gasteiger partial charge in [0, 0.05) is 25.7 Å². The van der Waals surface area contributed by atoms with E-state index in [-0.39, 0.29) is 23.2 Å². The molecule has 0 saturated carbocycles. The molecule has 0 spiro atoms. The SMILES string of the molecule is O=C(C=Cc1ccc(F)cc1)NCCCN1CCS(=O)(=O)CC1. The normalized spacial score (nSPS) is 18.1. The third kappa shape index (κ3) is 6.50. The average Bonchev–Trinajstić information content (AvgIpc) is 2.52. The third-order valence-corrected chi connectivity index (χ3v) is 5.29. The number of carbonyl (C=O) groups is 1. The zero-order valence-electron chi connectivity index (χ0n) is 12.9. The number of carbonyl (C=O) groups excluding carboxylic acids is 1. The van der Waals surface area contributed by atoms with Crippen LogP contribution in [0.1, 0.15) is 12.0 Å². The molecule has 7 heteroatoms. The Bertz CT molecular complexity index is 642. The zero-order chi connectivity index (χ0) is 16.7. The lowest BCUT2D eigenvalue weighted by molar-refractivity contribution is -0.116. The molecule has 126 valence electrons. The summed E-state index contributed by atoms with van der Waals surface area (Å²) >= 11 is 0. The second kappa shape index (κ2) is 8.21. The molecule has 0 aromatic heterocycles. The van der Waals surface area contributed by atoms with E-state index in [4.69, 9.17) is 0 Å². The van der Waals surface area contributed by atoms with Crippen LogP contribution in [0, 0.1) is 5.82 Å². The molecule has 5 nitrogen and oxygen atoms in total. The zero-order valence-corrected chi connectivity index (χ0v) is 13.7. The number of hydrogen-bond donors (Lipinski definition) is 1. The second-order valence-electron chi connectivity index (χ2n) is 5.52. The van der Waals surface area contributed by atoms with Gasteiger partial charge in [-0.3, -0.25) is 4.79 Å². The van der Waals surface area contributed by atoms with E-state index in [1.807, 2.05) is 0 Å². The Hall–Kier alpha value is -1.73. The van der Waals surface area contributed by atoms with E-state index in [0.29, 0.717) is 19.6 Å². The number of benzene rings is 1. The van der Waals surface area contributed by atoms with Crippen molar-refractivity contribution in [3.8, 4) is 0 Å². The van der Waals surface area contributed by atoms with E-state index < -0.39 is 9.84 Å². The predicted octanol–water partition coefficient (Wildman–Crippen LogP) is 1.08. The van der Waals surface area contributed by atoms with E-state index in [9.17, 15) is 17.6 Å². The molecule has 1 aliphatic heterocycles. The van der Waals surface area contributed by atoms with Gasteiger partial charge < -0.3 is 10.2 Å². The largest absolute Gasteiger partial charge is 0.353 e. The lowest BCUT2D eigenvalue weighted by atomic mass is 10.2. The van der Waals surface area contributed by atoms with Crippen LogP contribution in [0.2, 0.25) is 0 Å². The Balaban J connectivity index is 1.62. The molecule has 1 fully saturated rings. The molecule has 0 bridgehead atoms. The van der Waals surface area contributed by atoms with Gasteiger partial charge >= 0.3 is 0 Å². The van der Waals surface area contributed by atoms with Gasteiger partial charge in [0.25, 0.3) is 0 Å². The van der Waals surface area contributed by atoms with Crippen molar-refractivity contribution >= 4 is 21.8 Å². The first-order chi connectivity index (χ1) is 10.9. The first-order valence-corrected chi connectivity index (χ1v) is 9.41. The molecule has 1 aromatic carbocycles. The third-order valence-electron chi connectivity index (χ3n) is 3.68. The number of amides is 1. The molecular weight excluding hydrogens is 319 g/mol. The summed E-state index contributed by atoms with van der Waals surface area (Å²) in [5.41, 5.74) is 0.760. The van der Waals surface area contributed by atoms with Crippen LogP contribution in [0.15, 0.2) is 30.3 Å². The number of rotatable bonds is 6. The van der Waals surface area contributed by atoms with E-state index in [1.54, 1.807) is 18.2 Å². The highest BCUT2D eigenvalue weighted by molar-refractivity contribution is 7.91. The van der Waals surface area contributed by atoms with Crippen molar-refractivity contribution in [1.82, 2.24) is 10.2 Å². The summed E-state index contributed by atoms with van der Waals surface area (Å²) in [5, 5.41) is 2.78. The second-order valence-corrected chi connectivity index (χ2v) is 7.83. The van der Waals surface area contributed by atoms with Crippen molar-refractivity contribution in [2.24, 2.45) is 0 Å². The fraction of sp³-hybridized carbons (Fsp3) is 0.438. The topological polar surface area (TPSA) is 66.5 Å². The smallest absolute Gasteiger partial charge is 0.243 e. The maximum Gasteiger partial charge on any atom is 0.243 e. The Kier molecular flexibility index (Phi) is 6.29. The van der Waals surface area contributed by atoms with E-state index >= 15 is 0 Å². The summed E-state index contributed by atoms with van der Waals surface area (Å²) in [5.74, 6) is -0.0628. The summed E-state index contributed by atoms with van der Waals surface area (Å²) in [7, 11) is -2.84. The molecule has 23 heavy (non-hydrogen) atoms. The van der Waals surface area contributed by atoms with Crippen molar-refractivity contribution in [3.63, 3.8) is 0 Å². The molecule has 1 N–H and O–H groups in total. The minimum Gasteiger partial charge on any atom is -0.353 e. The Labute approximate surface area is 136 Å². The van der Waals surface area contributed by atoms with Crippen molar-refractivity contribution in [2.45, 2.75) is 6.42 Å². The minimum absolute atomic E-state index is 0.199. The summed E-state index contributed by atoms with van der Waals surface area (Å²) < 4.78 is 35.4. The summed E-state index contributed by atoms with van der Waals surface area (Å²) in [6.07, 6.45) is 3.82. The van der Waals surface area contributed by atoms with Crippen LogP contribution in [0.4, 0.5) is 4.39 Å². The van der Waals surface area contributed by atoms with Gasteiger partial charge in [-0.2, -0.15) is 0 Å². The van der Waals surface area contributed by atoms with Gasteiger partial charge in [0.15, 0.2) is 9.84 Å². The Morgan fingerprint density at radius 3 is 2.52 bits per heavy atom. The van der Waals surface area contributed by atoms with Crippen molar-refractivity contribution in [3.05, 3.63) is 41.7 Å². The molecule has 1 amide bonds. The van der Waals surface area contributed by atoms with Crippen molar-refractivity contribution < 1.29 is 17.6 Å². The first-order valence-electron chi connectivity index (χ1n) is 7.59. The maximum absolute atomic E-state index is 12.7. The average molecular weight is 340 g/mol. The number of nitrogens with one attached hydrogen (secondary N) is 1. The lowest BCUT2D eigenvalue weighted by Crippen LogP contribution is -2.41. The molecule has 1 aromatic rings. The van der Waals surface area contributed by atoms with Gasteiger partial charge in [0.2, 0.25) is 5.91 Å². The standard InChI is InChI=1S/C16H21FN2O3S/c17-15-5-2-14(3-6-15)4-7-16(20)18-8-1-9-19-10-12-23(21,22)13-11-19/h2-7H,1,8-13H2,(H,18,20). The van der Waals surface area contributed by atoms with Crippen LogP contribution >= 0.6 is 0 Å². The number of nitrogens with zero attached hydrogens (tertiary/aromatic N) is 1. The maximum atomic E-state index is 12.7. The van der Waals surface area contributed by atoms with E-state index in [2.05, 4.69) is 10.2 Å². The Morgan fingerprint density at radius 1 is 1.22 bits per heavy atom. The predicted molar refractivity (Wildman–Crippen MR) is 88.2 cm³/mol. The van der Waals surface area contributed by atoms with Gasteiger partial charge in [-0.1, -0.05) is 12.1 Å². The van der Waals surface area contributed by atoms with Gasteiger partial charge in [-0.15, -0.1) is 0 Å². The van der Waals surface area contributed by atoms with Gasteiger partial charge in [0.1, 0.15) is 5.82 Å². The molecule has 1 saturated heterocycles. The highest BCUT2D eigenvalue weighted by Crippen LogP contribution is 2.05. The molecular formula is C16H21FN2O3S. The van der Waals surface area contributed by atoms with Crippen LogP contribution in [0.5, 0.6) is 0 Å². The van der Waals surface area contributed by atoms with Crippen LogP contribution < -0.4 is 5.32 Å². The van der Waals surface area contributed by atoms with E-state index in [0.717, 1.165) is 18.5 Å². The van der Waals surface area contributed by atoms with Crippen LogP contribution in [0.25, 0.3) is 6.08 Å². The number of sulfone groups is 1. The summed E-state index contributed by atoms with van der Waals surface area (Å²) in [6, 6.07) is 5.89. The molecule has 1 aliphatic rings. The number of halogens is 1.